The largest absolute Gasteiger partial charge is 0.309 e. The Labute approximate surface area is 317 Å². The molecule has 0 aliphatic heterocycles. The molecule has 5 heteroatoms. The van der Waals surface area contributed by atoms with Crippen molar-refractivity contribution in [1.82, 2.24) is 23.7 Å². The molecule has 5 nitrogen and oxygen atoms in total. The van der Waals surface area contributed by atoms with Gasteiger partial charge in [-0.3, -0.25) is 9.13 Å². The van der Waals surface area contributed by atoms with Crippen molar-refractivity contribution in [2.24, 2.45) is 0 Å². The Bertz CT molecular complexity index is 3050. The highest BCUT2D eigenvalue weighted by Crippen LogP contribution is 2.40. The van der Waals surface area contributed by atoms with Crippen molar-refractivity contribution >= 4 is 43.9 Å². The predicted molar refractivity (Wildman–Crippen MR) is 226 cm³/mol. The van der Waals surface area contributed by atoms with Crippen molar-refractivity contribution in [2.75, 3.05) is 0 Å². The van der Waals surface area contributed by atoms with Crippen LogP contribution < -0.4 is 0 Å². The lowest BCUT2D eigenvalue weighted by Gasteiger charge is -2.15. The molecule has 0 fully saturated rings. The molecule has 11 rings (SSSR count). The fourth-order valence-electron chi connectivity index (χ4n) is 8.18. The van der Waals surface area contributed by atoms with Gasteiger partial charge in [-0.05, 0) is 108 Å². The highest BCUT2D eigenvalue weighted by Gasteiger charge is 2.21. The van der Waals surface area contributed by atoms with Gasteiger partial charge in [-0.15, -0.1) is 0 Å². The van der Waals surface area contributed by atoms with Gasteiger partial charge in [-0.2, -0.15) is 0 Å². The summed E-state index contributed by atoms with van der Waals surface area (Å²) >= 11 is 0. The average molecular weight is 704 g/mol. The zero-order valence-corrected chi connectivity index (χ0v) is 29.8. The van der Waals surface area contributed by atoms with E-state index in [0.29, 0.717) is 0 Å². The van der Waals surface area contributed by atoms with Gasteiger partial charge in [0.25, 0.3) is 0 Å². The third-order valence-corrected chi connectivity index (χ3v) is 10.6. The molecule has 8 aromatic carbocycles. The van der Waals surface area contributed by atoms with Crippen molar-refractivity contribution in [2.45, 2.75) is 0 Å². The topological polar surface area (TPSA) is 40.6 Å². The lowest BCUT2D eigenvalue weighted by Crippen LogP contribution is -2.00. The van der Waals surface area contributed by atoms with E-state index in [1.54, 1.807) is 0 Å². The molecule has 0 aliphatic rings. The fourth-order valence-corrected chi connectivity index (χ4v) is 8.18. The average Bonchev–Trinajstić information content (AvgIpc) is 3.95. The second kappa shape index (κ2) is 12.6. The van der Waals surface area contributed by atoms with Crippen molar-refractivity contribution < 1.29 is 0 Å². The van der Waals surface area contributed by atoms with Crippen LogP contribution in [0.3, 0.4) is 0 Å². The summed E-state index contributed by atoms with van der Waals surface area (Å²) in [5, 5.41) is 2.42. The Morgan fingerprint density at radius 3 is 1.24 bits per heavy atom. The van der Waals surface area contributed by atoms with E-state index < -0.39 is 0 Å². The van der Waals surface area contributed by atoms with Crippen LogP contribution in [0.25, 0.3) is 94.8 Å². The van der Waals surface area contributed by atoms with Gasteiger partial charge in [0, 0.05) is 39.0 Å². The lowest BCUT2D eigenvalue weighted by molar-refractivity contribution is 1.09. The summed E-state index contributed by atoms with van der Waals surface area (Å²) in [4.78, 5) is 10.6. The molecular weight excluding hydrogens is 671 g/mol. The second-order valence-corrected chi connectivity index (χ2v) is 13.9. The third kappa shape index (κ3) is 5.09. The molecule has 3 aromatic heterocycles. The molecule has 0 radical (unpaired) electrons. The van der Waals surface area contributed by atoms with E-state index >= 15 is 0 Å². The molecule has 0 unspecified atom stereocenters. The number of para-hydroxylation sites is 8. The lowest BCUT2D eigenvalue weighted by atomic mass is 9.97. The maximum Gasteiger partial charge on any atom is 0.145 e. The first-order valence-electron chi connectivity index (χ1n) is 18.6. The Hall–Kier alpha value is -7.50. The summed E-state index contributed by atoms with van der Waals surface area (Å²) in [6.45, 7) is 0. The molecular formula is C50H33N5. The smallest absolute Gasteiger partial charge is 0.145 e. The van der Waals surface area contributed by atoms with E-state index in [0.717, 1.165) is 73.0 Å². The number of fused-ring (bicyclic) bond motifs is 5. The third-order valence-electron chi connectivity index (χ3n) is 10.6. The minimum atomic E-state index is 0.875. The quantitative estimate of drug-likeness (QED) is 0.173. The van der Waals surface area contributed by atoms with Crippen LogP contribution in [0.5, 0.6) is 0 Å². The number of benzene rings is 8. The second-order valence-electron chi connectivity index (χ2n) is 13.9. The molecule has 0 amide bonds. The highest BCUT2D eigenvalue weighted by atomic mass is 15.1. The van der Waals surface area contributed by atoms with Crippen molar-refractivity contribution in [1.29, 1.82) is 0 Å². The standard InChI is InChI=1S/C50H33N5/c1-4-16-38(17-5-1)53-45-25-13-10-22-41(45)42-33-34(28-29-46(42)53)35-30-36(49-51-43-23-11-14-26-47(43)54(49)39-18-6-2-7-19-39)32-37(31-35)50-52-44-24-12-15-27-48(44)55(50)40-20-8-3-9-21-40/h1-33H. The van der Waals surface area contributed by atoms with E-state index in [4.69, 9.17) is 9.97 Å². The zero-order chi connectivity index (χ0) is 36.3. The van der Waals surface area contributed by atoms with Gasteiger partial charge in [0.15, 0.2) is 0 Å². The van der Waals surface area contributed by atoms with Crippen LogP contribution in [0.2, 0.25) is 0 Å². The molecule has 55 heavy (non-hydrogen) atoms. The molecule has 258 valence electrons. The minimum Gasteiger partial charge on any atom is -0.309 e. The number of aromatic nitrogens is 5. The van der Waals surface area contributed by atoms with E-state index in [2.05, 4.69) is 214 Å². The van der Waals surface area contributed by atoms with Gasteiger partial charge in [-0.1, -0.05) is 103 Å². The van der Waals surface area contributed by atoms with Gasteiger partial charge in [0.1, 0.15) is 11.6 Å². The summed E-state index contributed by atoms with van der Waals surface area (Å²) in [5.74, 6) is 1.75. The SMILES string of the molecule is c1ccc(-n2c(-c3cc(-c4ccc5c(c4)c4ccccc4n5-c4ccccc4)cc(-c4nc5ccccc5n4-c4ccccc4)c3)nc3ccccc32)cc1. The Kier molecular flexibility index (Phi) is 7.10. The first-order valence-corrected chi connectivity index (χ1v) is 18.6. The van der Waals surface area contributed by atoms with Crippen LogP contribution in [0.15, 0.2) is 200 Å². The Morgan fingerprint density at radius 1 is 0.273 bits per heavy atom. The van der Waals surface area contributed by atoms with Gasteiger partial charge in [0.2, 0.25) is 0 Å². The summed E-state index contributed by atoms with van der Waals surface area (Å²) in [5.41, 5.74) is 13.8. The van der Waals surface area contributed by atoms with Crippen molar-refractivity contribution in [3.05, 3.63) is 200 Å². The van der Waals surface area contributed by atoms with Gasteiger partial charge in [0.05, 0.1) is 33.1 Å². The summed E-state index contributed by atoms with van der Waals surface area (Å²) in [6.07, 6.45) is 0. The van der Waals surface area contributed by atoms with Crippen LogP contribution in [0.4, 0.5) is 0 Å². The van der Waals surface area contributed by atoms with Gasteiger partial charge < -0.3 is 4.57 Å². The summed E-state index contributed by atoms with van der Waals surface area (Å²) in [7, 11) is 0. The zero-order valence-electron chi connectivity index (χ0n) is 29.8. The molecule has 11 aromatic rings. The molecule has 0 aliphatic carbocycles. The number of hydrogen-bond donors (Lipinski definition) is 0. The van der Waals surface area contributed by atoms with Crippen LogP contribution in [0, 0.1) is 0 Å². The first-order chi connectivity index (χ1) is 27.3. The van der Waals surface area contributed by atoms with E-state index in [1.165, 1.54) is 21.8 Å². The van der Waals surface area contributed by atoms with Crippen molar-refractivity contribution in [3.8, 4) is 51.0 Å². The van der Waals surface area contributed by atoms with Gasteiger partial charge >= 0.3 is 0 Å². The molecule has 0 bridgehead atoms. The molecule has 0 spiro atoms. The summed E-state index contributed by atoms with van der Waals surface area (Å²) < 4.78 is 6.91. The molecule has 0 atom stereocenters. The Balaban J connectivity index is 1.20. The number of rotatable bonds is 6. The van der Waals surface area contributed by atoms with Crippen LogP contribution in [-0.2, 0) is 0 Å². The highest BCUT2D eigenvalue weighted by molar-refractivity contribution is 6.10. The number of hydrogen-bond acceptors (Lipinski definition) is 2. The van der Waals surface area contributed by atoms with E-state index in [-0.39, 0.29) is 0 Å². The van der Waals surface area contributed by atoms with Crippen LogP contribution >= 0.6 is 0 Å². The van der Waals surface area contributed by atoms with Crippen LogP contribution in [-0.4, -0.2) is 23.7 Å². The van der Waals surface area contributed by atoms with E-state index in [9.17, 15) is 0 Å². The molecule has 0 saturated heterocycles. The predicted octanol–water partition coefficient (Wildman–Crippen LogP) is 12.5. The Morgan fingerprint density at radius 2 is 0.691 bits per heavy atom. The normalized spacial score (nSPS) is 11.6. The molecule has 3 heterocycles. The van der Waals surface area contributed by atoms with E-state index in [1.807, 2.05) is 0 Å². The molecule has 0 N–H and O–H groups in total. The maximum atomic E-state index is 5.31. The molecule has 0 saturated carbocycles. The van der Waals surface area contributed by atoms with Gasteiger partial charge in [-0.25, -0.2) is 9.97 Å². The van der Waals surface area contributed by atoms with Crippen LogP contribution in [0.1, 0.15) is 0 Å². The first kappa shape index (κ1) is 31.1. The minimum absolute atomic E-state index is 0.875. The number of imidazole rings is 2. The summed E-state index contributed by atoms with van der Waals surface area (Å²) in [6, 6.07) is 70.8. The maximum absolute atomic E-state index is 5.31. The monoisotopic (exact) mass is 703 g/mol. The van der Waals surface area contributed by atoms with Crippen molar-refractivity contribution in [3.63, 3.8) is 0 Å². The number of nitrogens with zero attached hydrogens (tertiary/aromatic N) is 5. The fraction of sp³-hybridized carbons (Fsp3) is 0.